The number of amides is 1. The molecule has 1 fully saturated rings. The Morgan fingerprint density at radius 1 is 0.765 bits per heavy atom. The number of unbranched alkanes of at least 4 members (excludes halogenated alkanes) is 21. The summed E-state index contributed by atoms with van der Waals surface area (Å²) in [4.78, 5) is 12.9. The van der Waals surface area contributed by atoms with E-state index in [1.165, 1.54) is 103 Å². The Morgan fingerprint density at radius 3 is 1.71 bits per heavy atom. The van der Waals surface area contributed by atoms with Gasteiger partial charge in [-0.3, -0.25) is 9.35 Å². The number of nitrogens with one attached hydrogen (secondary N) is 1. The predicted octanol–water partition coefficient (Wildman–Crippen LogP) is 6.43. The fourth-order valence-corrected chi connectivity index (χ4v) is 6.90. The lowest BCUT2D eigenvalue weighted by atomic mass is 9.99. The minimum absolute atomic E-state index is 0.265. The lowest BCUT2D eigenvalue weighted by molar-refractivity contribution is -0.298. The number of rotatable bonds is 33. The molecular weight excluding hydrogens is 678 g/mol. The van der Waals surface area contributed by atoms with E-state index in [0.29, 0.717) is 6.42 Å². The van der Waals surface area contributed by atoms with Crippen LogP contribution in [0.5, 0.6) is 0 Å². The van der Waals surface area contributed by atoms with Gasteiger partial charge in [0.05, 0.1) is 25.4 Å². The summed E-state index contributed by atoms with van der Waals surface area (Å²) in [5.74, 6) is -0.265. The van der Waals surface area contributed by atoms with Crippen molar-refractivity contribution < 1.29 is 51.8 Å². The number of carbonyl (C=O) groups is 1. The van der Waals surface area contributed by atoms with Gasteiger partial charge in [-0.05, 0) is 19.3 Å². The predicted molar refractivity (Wildman–Crippen MR) is 199 cm³/mol. The lowest BCUT2D eigenvalue weighted by Crippen LogP contribution is -2.61. The fourth-order valence-electron chi connectivity index (χ4n) is 6.39. The highest BCUT2D eigenvalue weighted by molar-refractivity contribution is 7.80. The summed E-state index contributed by atoms with van der Waals surface area (Å²) in [6, 6.07) is -0.935. The van der Waals surface area contributed by atoms with Gasteiger partial charge in [0.2, 0.25) is 5.91 Å². The van der Waals surface area contributed by atoms with Crippen LogP contribution < -0.4 is 5.32 Å². The molecule has 0 spiro atoms. The molecule has 0 radical (unpaired) electrons. The number of allylic oxidation sites excluding steroid dienone is 1. The van der Waals surface area contributed by atoms with Crippen LogP contribution in [0.3, 0.4) is 0 Å². The summed E-state index contributed by atoms with van der Waals surface area (Å²) in [5.41, 5.74) is 0. The molecule has 1 aliphatic heterocycles. The van der Waals surface area contributed by atoms with Gasteiger partial charge in [-0.1, -0.05) is 154 Å². The highest BCUT2D eigenvalue weighted by Crippen LogP contribution is 2.26. The maximum Gasteiger partial charge on any atom is 0.397 e. The quantitative estimate of drug-likeness (QED) is 0.0246. The van der Waals surface area contributed by atoms with Crippen molar-refractivity contribution >= 4 is 16.3 Å². The minimum Gasteiger partial charge on any atom is -0.394 e. The van der Waals surface area contributed by atoms with Crippen LogP contribution in [0.25, 0.3) is 0 Å². The molecule has 0 saturated carbocycles. The highest BCUT2D eigenvalue weighted by atomic mass is 32.3. The molecule has 0 bridgehead atoms. The second-order valence-electron chi connectivity index (χ2n) is 14.2. The van der Waals surface area contributed by atoms with Crippen molar-refractivity contribution in [1.29, 1.82) is 0 Å². The SMILES string of the molecule is CCCCCCCCCCCC/C=C/C(O)C(COC1OC(CO)C(O)C(OS(=O)(=O)O)C1O)NC(=O)CCCCCCCCCCCCCC. The van der Waals surface area contributed by atoms with Crippen LogP contribution in [0.2, 0.25) is 0 Å². The third kappa shape index (κ3) is 24.0. The molecule has 1 aliphatic rings. The Balaban J connectivity index is 2.63. The molecule has 0 aliphatic carbocycles. The topological polar surface area (TPSA) is 192 Å². The maximum absolute atomic E-state index is 12.9. The van der Waals surface area contributed by atoms with E-state index in [9.17, 15) is 33.6 Å². The number of hydrogen-bond acceptors (Lipinski definition) is 10. The summed E-state index contributed by atoms with van der Waals surface area (Å²) in [5, 5.41) is 44.4. The van der Waals surface area contributed by atoms with Crippen LogP contribution in [0, 0.1) is 0 Å². The zero-order chi connectivity index (χ0) is 37.7. The van der Waals surface area contributed by atoms with Gasteiger partial charge >= 0.3 is 10.4 Å². The summed E-state index contributed by atoms with van der Waals surface area (Å²) in [6.07, 6.45) is 21.1. The van der Waals surface area contributed by atoms with E-state index in [-0.39, 0.29) is 18.9 Å². The molecule has 1 heterocycles. The zero-order valence-electron chi connectivity index (χ0n) is 31.7. The van der Waals surface area contributed by atoms with Crippen molar-refractivity contribution in [1.82, 2.24) is 5.32 Å². The van der Waals surface area contributed by atoms with Gasteiger partial charge in [-0.25, -0.2) is 4.18 Å². The molecular formula is C38H73NO11S. The largest absolute Gasteiger partial charge is 0.397 e. The van der Waals surface area contributed by atoms with Crippen molar-refractivity contribution in [3.05, 3.63) is 12.2 Å². The highest BCUT2D eigenvalue weighted by Gasteiger charge is 2.48. The number of hydrogen-bond donors (Lipinski definition) is 6. The van der Waals surface area contributed by atoms with Crippen LogP contribution in [-0.4, -0.2) is 95.4 Å². The summed E-state index contributed by atoms with van der Waals surface area (Å²) in [6.45, 7) is 3.34. The standard InChI is InChI=1S/C38H73NO11S/c1-3-5-7-9-11-13-15-17-19-21-23-25-27-32(41)31(39-34(42)28-26-24-22-20-18-16-14-12-10-8-6-4-2)30-48-38-36(44)37(50-51(45,46)47)35(43)33(29-40)49-38/h25,27,31-33,35-38,40-41,43-44H,3-24,26,28-30H2,1-2H3,(H,39,42)(H,45,46,47)/b27-25+. The van der Waals surface area contributed by atoms with Crippen molar-refractivity contribution in [2.75, 3.05) is 13.2 Å². The molecule has 0 aromatic carbocycles. The number of aliphatic hydroxyl groups excluding tert-OH is 4. The summed E-state index contributed by atoms with van der Waals surface area (Å²) in [7, 11) is -5.07. The van der Waals surface area contributed by atoms with Gasteiger partial charge in [0.15, 0.2) is 6.29 Å². The maximum atomic E-state index is 12.9. The first-order chi connectivity index (χ1) is 24.5. The molecule has 7 unspecified atom stereocenters. The first-order valence-corrected chi connectivity index (χ1v) is 21.4. The van der Waals surface area contributed by atoms with Gasteiger partial charge < -0.3 is 35.2 Å². The van der Waals surface area contributed by atoms with Crippen LogP contribution in [-0.2, 0) is 28.9 Å². The summed E-state index contributed by atoms with van der Waals surface area (Å²) >= 11 is 0. The van der Waals surface area contributed by atoms with Crippen molar-refractivity contribution in [2.24, 2.45) is 0 Å². The van der Waals surface area contributed by atoms with Gasteiger partial charge in [0.25, 0.3) is 0 Å². The van der Waals surface area contributed by atoms with Crippen molar-refractivity contribution in [3.8, 4) is 0 Å². The minimum atomic E-state index is -5.07. The Labute approximate surface area is 309 Å². The molecule has 13 heteroatoms. The van der Waals surface area contributed by atoms with E-state index in [4.69, 9.17) is 14.0 Å². The molecule has 51 heavy (non-hydrogen) atoms. The number of aliphatic hydroxyl groups is 4. The fraction of sp³-hybridized carbons (Fsp3) is 0.921. The van der Waals surface area contributed by atoms with E-state index >= 15 is 0 Å². The average Bonchev–Trinajstić information content (AvgIpc) is 3.09. The zero-order valence-corrected chi connectivity index (χ0v) is 32.5. The summed E-state index contributed by atoms with van der Waals surface area (Å²) < 4.78 is 47.3. The number of ether oxygens (including phenoxy) is 2. The molecule has 12 nitrogen and oxygen atoms in total. The van der Waals surface area contributed by atoms with Gasteiger partial charge in [0.1, 0.15) is 24.4 Å². The lowest BCUT2D eigenvalue weighted by Gasteiger charge is -2.41. The van der Waals surface area contributed by atoms with Gasteiger partial charge in [0, 0.05) is 6.42 Å². The molecule has 302 valence electrons. The van der Waals surface area contributed by atoms with E-state index in [1.807, 2.05) is 6.08 Å². The number of carbonyl (C=O) groups excluding carboxylic acids is 1. The van der Waals surface area contributed by atoms with E-state index in [2.05, 4.69) is 23.3 Å². The Bertz CT molecular complexity index is 983. The Kier molecular flexibility index (Phi) is 28.3. The van der Waals surface area contributed by atoms with Gasteiger partial charge in [-0.2, -0.15) is 8.42 Å². The van der Waals surface area contributed by atoms with Crippen LogP contribution in [0.4, 0.5) is 0 Å². The van der Waals surface area contributed by atoms with Crippen LogP contribution >= 0.6 is 0 Å². The van der Waals surface area contributed by atoms with Gasteiger partial charge in [-0.15, -0.1) is 0 Å². The molecule has 1 rings (SSSR count). The van der Waals surface area contributed by atoms with E-state index in [1.54, 1.807) is 6.08 Å². The molecule has 6 N–H and O–H groups in total. The molecule has 0 aromatic heterocycles. The van der Waals surface area contributed by atoms with Crippen molar-refractivity contribution in [3.63, 3.8) is 0 Å². The molecule has 7 atom stereocenters. The van der Waals surface area contributed by atoms with E-state index in [0.717, 1.165) is 38.5 Å². The molecule has 0 aromatic rings. The smallest absolute Gasteiger partial charge is 0.394 e. The van der Waals surface area contributed by atoms with Crippen molar-refractivity contribution in [2.45, 2.75) is 211 Å². The molecule has 1 saturated heterocycles. The normalized spacial score (nSPS) is 22.4. The monoisotopic (exact) mass is 751 g/mol. The second-order valence-corrected chi connectivity index (χ2v) is 15.3. The van der Waals surface area contributed by atoms with Crippen LogP contribution in [0.1, 0.15) is 168 Å². The Hall–Kier alpha value is -1.16. The first-order valence-electron chi connectivity index (χ1n) is 20.1. The Morgan fingerprint density at radius 2 is 1.24 bits per heavy atom. The molecule has 1 amide bonds. The first kappa shape index (κ1) is 47.9. The second kappa shape index (κ2) is 30.2. The third-order valence-corrected chi connectivity index (χ3v) is 10.0. The van der Waals surface area contributed by atoms with E-state index < -0.39 is 59.9 Å². The third-order valence-electron chi connectivity index (χ3n) is 9.57. The van der Waals surface area contributed by atoms with Crippen LogP contribution in [0.15, 0.2) is 12.2 Å². The average molecular weight is 752 g/mol.